The van der Waals surface area contributed by atoms with Gasteiger partial charge >= 0.3 is 0 Å². The molecule has 0 atom stereocenters. The fourth-order valence-electron chi connectivity index (χ4n) is 2.28. The highest BCUT2D eigenvalue weighted by Crippen LogP contribution is 2.27. The summed E-state index contributed by atoms with van der Waals surface area (Å²) in [6.07, 6.45) is 1.52. The lowest BCUT2D eigenvalue weighted by molar-refractivity contribution is -0.113. The minimum Gasteiger partial charge on any atom is -0.497 e. The lowest BCUT2D eigenvalue weighted by atomic mass is 10.2. The summed E-state index contributed by atoms with van der Waals surface area (Å²) in [5, 5.41) is 13.3. The third-order valence-corrected chi connectivity index (χ3v) is 5.18. The van der Waals surface area contributed by atoms with Crippen LogP contribution in [0.3, 0.4) is 0 Å². The van der Waals surface area contributed by atoms with E-state index in [0.29, 0.717) is 16.1 Å². The van der Waals surface area contributed by atoms with Gasteiger partial charge in [-0.1, -0.05) is 11.8 Å². The number of amides is 1. The van der Waals surface area contributed by atoms with Crippen LogP contribution in [0.2, 0.25) is 0 Å². The minimum atomic E-state index is -0.210. The SMILES string of the molecule is COc1ccc(-c2csc(NC(=O)CSc3nnc(-c4ccco4)o3)n2)cc1. The molecule has 0 aliphatic rings. The molecule has 0 spiro atoms. The van der Waals surface area contributed by atoms with Crippen LogP contribution in [0.5, 0.6) is 5.75 Å². The highest BCUT2D eigenvalue weighted by Gasteiger charge is 2.14. The Kier molecular flexibility index (Phi) is 5.40. The van der Waals surface area contributed by atoms with Crippen molar-refractivity contribution in [1.29, 1.82) is 0 Å². The summed E-state index contributed by atoms with van der Waals surface area (Å²) in [4.78, 5) is 16.6. The predicted octanol–water partition coefficient (Wildman–Crippen LogP) is 4.19. The molecule has 1 amide bonds. The van der Waals surface area contributed by atoms with Crippen molar-refractivity contribution in [2.75, 3.05) is 18.2 Å². The Bertz CT molecular complexity index is 1060. The average molecular weight is 414 g/mol. The molecule has 1 N–H and O–H groups in total. The third-order valence-electron chi connectivity index (χ3n) is 3.60. The molecule has 0 aliphatic carbocycles. The van der Waals surface area contributed by atoms with E-state index in [1.165, 1.54) is 17.6 Å². The van der Waals surface area contributed by atoms with E-state index in [9.17, 15) is 4.79 Å². The third kappa shape index (κ3) is 4.24. The monoisotopic (exact) mass is 414 g/mol. The van der Waals surface area contributed by atoms with Gasteiger partial charge in [0.15, 0.2) is 10.9 Å². The van der Waals surface area contributed by atoms with Gasteiger partial charge in [0.2, 0.25) is 5.91 Å². The second-order valence-corrected chi connectivity index (χ2v) is 7.24. The van der Waals surface area contributed by atoms with Crippen molar-refractivity contribution in [2.45, 2.75) is 5.22 Å². The van der Waals surface area contributed by atoms with Crippen LogP contribution in [0.15, 0.2) is 62.1 Å². The van der Waals surface area contributed by atoms with Crippen LogP contribution >= 0.6 is 23.1 Å². The number of carbonyl (C=O) groups excluding carboxylic acids is 1. The number of anilines is 1. The maximum absolute atomic E-state index is 12.2. The summed E-state index contributed by atoms with van der Waals surface area (Å²) in [7, 11) is 1.62. The summed E-state index contributed by atoms with van der Waals surface area (Å²) in [5.74, 6) is 1.45. The molecule has 0 bridgehead atoms. The maximum Gasteiger partial charge on any atom is 0.284 e. The van der Waals surface area contributed by atoms with Crippen LogP contribution in [0.4, 0.5) is 5.13 Å². The van der Waals surface area contributed by atoms with Crippen molar-refractivity contribution in [2.24, 2.45) is 0 Å². The molecule has 0 saturated heterocycles. The van der Waals surface area contributed by atoms with Crippen LogP contribution in [0, 0.1) is 0 Å². The van der Waals surface area contributed by atoms with Crippen LogP contribution < -0.4 is 10.1 Å². The number of nitrogens with zero attached hydrogens (tertiary/aromatic N) is 3. The molecule has 1 aromatic carbocycles. The summed E-state index contributed by atoms with van der Waals surface area (Å²) >= 11 is 2.50. The molecule has 0 radical (unpaired) electrons. The highest BCUT2D eigenvalue weighted by atomic mass is 32.2. The number of benzene rings is 1. The molecule has 10 heteroatoms. The molecule has 28 heavy (non-hydrogen) atoms. The Morgan fingerprint density at radius 3 is 2.86 bits per heavy atom. The second-order valence-electron chi connectivity index (χ2n) is 5.45. The number of aromatic nitrogens is 3. The number of hydrogen-bond acceptors (Lipinski definition) is 9. The maximum atomic E-state index is 12.2. The van der Waals surface area contributed by atoms with Gasteiger partial charge in [-0.05, 0) is 36.4 Å². The van der Waals surface area contributed by atoms with Gasteiger partial charge in [-0.2, -0.15) is 0 Å². The second kappa shape index (κ2) is 8.28. The number of furan rings is 1. The smallest absolute Gasteiger partial charge is 0.284 e. The van der Waals surface area contributed by atoms with Crippen LogP contribution in [-0.2, 0) is 4.79 Å². The molecule has 0 aliphatic heterocycles. The van der Waals surface area contributed by atoms with E-state index >= 15 is 0 Å². The Morgan fingerprint density at radius 1 is 1.25 bits per heavy atom. The number of thiazole rings is 1. The van der Waals surface area contributed by atoms with Crippen molar-refractivity contribution >= 4 is 34.1 Å². The minimum absolute atomic E-state index is 0.122. The van der Waals surface area contributed by atoms with Crippen molar-refractivity contribution < 1.29 is 18.4 Å². The van der Waals surface area contributed by atoms with Gasteiger partial charge < -0.3 is 18.9 Å². The molecule has 4 aromatic rings. The van der Waals surface area contributed by atoms with Crippen LogP contribution in [0.1, 0.15) is 0 Å². The average Bonchev–Trinajstić information content (AvgIpc) is 3.47. The van der Waals surface area contributed by atoms with E-state index in [-0.39, 0.29) is 17.6 Å². The lowest BCUT2D eigenvalue weighted by Crippen LogP contribution is -2.13. The van der Waals surface area contributed by atoms with Gasteiger partial charge in [-0.15, -0.1) is 21.5 Å². The van der Waals surface area contributed by atoms with Crippen molar-refractivity contribution in [1.82, 2.24) is 15.2 Å². The zero-order valence-electron chi connectivity index (χ0n) is 14.6. The van der Waals surface area contributed by atoms with E-state index in [1.54, 1.807) is 19.2 Å². The van der Waals surface area contributed by atoms with Gasteiger partial charge in [0, 0.05) is 10.9 Å². The molecule has 0 saturated carbocycles. The summed E-state index contributed by atoms with van der Waals surface area (Å²) < 4.78 is 15.8. The molecule has 0 fully saturated rings. The molecule has 8 nitrogen and oxygen atoms in total. The molecule has 3 heterocycles. The molecular weight excluding hydrogens is 400 g/mol. The Balaban J connectivity index is 1.32. The zero-order valence-corrected chi connectivity index (χ0v) is 16.3. The number of nitrogens with one attached hydrogen (secondary N) is 1. The number of rotatable bonds is 7. The molecule has 4 rings (SSSR count). The fourth-order valence-corrected chi connectivity index (χ4v) is 3.58. The van der Waals surface area contributed by atoms with E-state index in [2.05, 4.69) is 20.5 Å². The van der Waals surface area contributed by atoms with Gasteiger partial charge in [0.1, 0.15) is 5.75 Å². The van der Waals surface area contributed by atoms with E-state index in [1.807, 2.05) is 29.6 Å². The normalized spacial score (nSPS) is 10.8. The number of thioether (sulfide) groups is 1. The van der Waals surface area contributed by atoms with Gasteiger partial charge in [-0.3, -0.25) is 4.79 Å². The van der Waals surface area contributed by atoms with E-state index in [0.717, 1.165) is 28.8 Å². The summed E-state index contributed by atoms with van der Waals surface area (Å²) in [5.41, 5.74) is 1.74. The largest absolute Gasteiger partial charge is 0.497 e. The first-order valence-corrected chi connectivity index (χ1v) is 9.98. The van der Waals surface area contributed by atoms with Crippen molar-refractivity contribution in [3.05, 3.63) is 48.0 Å². The van der Waals surface area contributed by atoms with E-state index in [4.69, 9.17) is 13.6 Å². The molecule has 142 valence electrons. The quantitative estimate of drug-likeness (QED) is 0.449. The fraction of sp³-hybridized carbons (Fsp3) is 0.111. The van der Waals surface area contributed by atoms with Crippen LogP contribution in [-0.4, -0.2) is 34.0 Å². The number of carbonyl (C=O) groups is 1. The zero-order chi connectivity index (χ0) is 19.3. The van der Waals surface area contributed by atoms with Crippen molar-refractivity contribution in [3.63, 3.8) is 0 Å². The van der Waals surface area contributed by atoms with E-state index < -0.39 is 0 Å². The van der Waals surface area contributed by atoms with Gasteiger partial charge in [-0.25, -0.2) is 4.98 Å². The van der Waals surface area contributed by atoms with Crippen molar-refractivity contribution in [3.8, 4) is 28.7 Å². The Morgan fingerprint density at radius 2 is 2.11 bits per heavy atom. The molecular formula is C18H14N4O4S2. The summed E-state index contributed by atoms with van der Waals surface area (Å²) in [6.45, 7) is 0. The topological polar surface area (TPSA) is 103 Å². The summed E-state index contributed by atoms with van der Waals surface area (Å²) in [6, 6.07) is 11.0. The lowest BCUT2D eigenvalue weighted by Gasteiger charge is -2.01. The predicted molar refractivity (Wildman–Crippen MR) is 105 cm³/mol. The van der Waals surface area contributed by atoms with Gasteiger partial charge in [0.05, 0.1) is 24.8 Å². The highest BCUT2D eigenvalue weighted by molar-refractivity contribution is 7.99. The molecule has 0 unspecified atom stereocenters. The van der Waals surface area contributed by atoms with Crippen LogP contribution in [0.25, 0.3) is 22.9 Å². The number of hydrogen-bond donors (Lipinski definition) is 1. The first-order valence-electron chi connectivity index (χ1n) is 8.11. The number of methoxy groups -OCH3 is 1. The Hall–Kier alpha value is -3.11. The molecule has 3 aromatic heterocycles. The number of ether oxygens (including phenoxy) is 1. The van der Waals surface area contributed by atoms with Gasteiger partial charge in [0.25, 0.3) is 11.1 Å². The Labute approximate surface area is 168 Å². The first kappa shape index (κ1) is 18.3. The standard InChI is InChI=1S/C18H14N4O4S2/c1-24-12-6-4-11(5-7-12)13-9-27-17(19-13)20-15(23)10-28-18-22-21-16(26-18)14-3-2-8-25-14/h2-9H,10H2,1H3,(H,19,20,23). The first-order chi connectivity index (χ1) is 13.7.